The molecule has 4 heteroatoms. The predicted octanol–water partition coefficient (Wildman–Crippen LogP) is 1.84. The molecule has 0 saturated carbocycles. The van der Waals surface area contributed by atoms with Crippen molar-refractivity contribution in [2.24, 2.45) is 0 Å². The summed E-state index contributed by atoms with van der Waals surface area (Å²) in [5, 5.41) is 0. The molecule has 4 nitrogen and oxygen atoms in total. The van der Waals surface area contributed by atoms with E-state index in [1.807, 2.05) is 0 Å². The van der Waals surface area contributed by atoms with Crippen molar-refractivity contribution < 1.29 is 14.2 Å². The summed E-state index contributed by atoms with van der Waals surface area (Å²) in [6.45, 7) is 1.39. The molecule has 0 radical (unpaired) electrons. The van der Waals surface area contributed by atoms with Crippen LogP contribution in [0.5, 0.6) is 11.5 Å². The molecular weight excluding hydrogens is 206 g/mol. The highest BCUT2D eigenvalue weighted by Gasteiger charge is 2.17. The second kappa shape index (κ2) is 5.07. The van der Waals surface area contributed by atoms with Crippen molar-refractivity contribution in [2.75, 3.05) is 26.1 Å². The lowest BCUT2D eigenvalue weighted by molar-refractivity contribution is 0.0670. The van der Waals surface area contributed by atoms with Crippen LogP contribution in [0.15, 0.2) is 18.2 Å². The molecule has 0 aromatic heterocycles. The maximum atomic E-state index is 5.70. The first kappa shape index (κ1) is 11.1. The molecule has 1 aliphatic rings. The number of nitrogens with two attached hydrogens (primary N) is 1. The molecule has 1 unspecified atom stereocenters. The van der Waals surface area contributed by atoms with Gasteiger partial charge in [0.05, 0.1) is 13.2 Å². The van der Waals surface area contributed by atoms with E-state index in [-0.39, 0.29) is 6.10 Å². The summed E-state index contributed by atoms with van der Waals surface area (Å²) in [4.78, 5) is 0. The maximum Gasteiger partial charge on any atom is 0.163 e. The van der Waals surface area contributed by atoms with E-state index in [0.717, 1.165) is 19.4 Å². The third-order valence-electron chi connectivity index (χ3n) is 2.64. The average molecular weight is 223 g/mol. The monoisotopic (exact) mass is 223 g/mol. The van der Waals surface area contributed by atoms with Crippen LogP contribution in [0.1, 0.15) is 12.8 Å². The lowest BCUT2D eigenvalue weighted by Gasteiger charge is -2.14. The SMILES string of the molecule is COc1ccc(N)cc1OCC1CCCO1. The fraction of sp³-hybridized carbons (Fsp3) is 0.500. The molecule has 1 aromatic rings. The second-order valence-corrected chi connectivity index (χ2v) is 3.86. The zero-order valence-corrected chi connectivity index (χ0v) is 9.44. The predicted molar refractivity (Wildman–Crippen MR) is 61.9 cm³/mol. The van der Waals surface area contributed by atoms with Crippen LogP contribution in [0.2, 0.25) is 0 Å². The van der Waals surface area contributed by atoms with Gasteiger partial charge in [0.15, 0.2) is 11.5 Å². The van der Waals surface area contributed by atoms with Crippen LogP contribution in [0, 0.1) is 0 Å². The molecule has 0 amide bonds. The normalized spacial score (nSPS) is 19.7. The smallest absolute Gasteiger partial charge is 0.163 e. The van der Waals surface area contributed by atoms with Gasteiger partial charge in [0.2, 0.25) is 0 Å². The maximum absolute atomic E-state index is 5.70. The third-order valence-corrected chi connectivity index (χ3v) is 2.64. The summed E-state index contributed by atoms with van der Waals surface area (Å²) in [5.41, 5.74) is 6.37. The van der Waals surface area contributed by atoms with Gasteiger partial charge in [-0.2, -0.15) is 0 Å². The molecule has 1 saturated heterocycles. The number of benzene rings is 1. The van der Waals surface area contributed by atoms with Crippen LogP contribution in [-0.2, 0) is 4.74 Å². The van der Waals surface area contributed by atoms with Crippen molar-refractivity contribution in [3.63, 3.8) is 0 Å². The number of nitrogen functional groups attached to an aromatic ring is 1. The fourth-order valence-electron chi connectivity index (χ4n) is 1.76. The van der Waals surface area contributed by atoms with Crippen molar-refractivity contribution in [3.8, 4) is 11.5 Å². The lowest BCUT2D eigenvalue weighted by Crippen LogP contribution is -2.16. The summed E-state index contributed by atoms with van der Waals surface area (Å²) >= 11 is 0. The summed E-state index contributed by atoms with van der Waals surface area (Å²) in [7, 11) is 1.62. The molecule has 1 aromatic carbocycles. The first-order valence-electron chi connectivity index (χ1n) is 5.47. The van der Waals surface area contributed by atoms with Gasteiger partial charge in [-0.1, -0.05) is 0 Å². The van der Waals surface area contributed by atoms with Gasteiger partial charge in [-0.15, -0.1) is 0 Å². The van der Waals surface area contributed by atoms with Gasteiger partial charge in [0, 0.05) is 18.4 Å². The molecule has 16 heavy (non-hydrogen) atoms. The third kappa shape index (κ3) is 2.58. The Morgan fingerprint density at radius 3 is 3.00 bits per heavy atom. The minimum Gasteiger partial charge on any atom is -0.493 e. The Hall–Kier alpha value is -1.42. The standard InChI is InChI=1S/C12H17NO3/c1-14-11-5-4-9(13)7-12(11)16-8-10-3-2-6-15-10/h4-5,7,10H,2-3,6,8,13H2,1H3. The highest BCUT2D eigenvalue weighted by atomic mass is 16.5. The van der Waals surface area contributed by atoms with Crippen molar-refractivity contribution in [1.29, 1.82) is 0 Å². The first-order valence-corrected chi connectivity index (χ1v) is 5.47. The summed E-state index contributed by atoms with van der Waals surface area (Å²) in [6.07, 6.45) is 2.37. The Bertz CT molecular complexity index is 348. The van der Waals surface area contributed by atoms with Gasteiger partial charge in [-0.05, 0) is 25.0 Å². The van der Waals surface area contributed by atoms with E-state index in [9.17, 15) is 0 Å². The molecule has 1 fully saturated rings. The summed E-state index contributed by atoms with van der Waals surface area (Å²) in [6, 6.07) is 5.37. The topological polar surface area (TPSA) is 53.7 Å². The zero-order chi connectivity index (χ0) is 11.4. The van der Waals surface area contributed by atoms with Gasteiger partial charge < -0.3 is 19.9 Å². The van der Waals surface area contributed by atoms with Gasteiger partial charge in [-0.3, -0.25) is 0 Å². The number of hydrogen-bond donors (Lipinski definition) is 1. The van der Waals surface area contributed by atoms with E-state index in [1.54, 1.807) is 25.3 Å². The highest BCUT2D eigenvalue weighted by Crippen LogP contribution is 2.29. The Labute approximate surface area is 95.3 Å². The van der Waals surface area contributed by atoms with Crippen LogP contribution in [0.4, 0.5) is 5.69 Å². The first-order chi connectivity index (χ1) is 7.79. The largest absolute Gasteiger partial charge is 0.493 e. The highest BCUT2D eigenvalue weighted by molar-refractivity contribution is 5.51. The zero-order valence-electron chi connectivity index (χ0n) is 9.44. The number of hydrogen-bond acceptors (Lipinski definition) is 4. The minimum atomic E-state index is 0.200. The van der Waals surface area contributed by atoms with Crippen molar-refractivity contribution >= 4 is 5.69 Å². The van der Waals surface area contributed by atoms with Crippen LogP contribution < -0.4 is 15.2 Å². The number of methoxy groups -OCH3 is 1. The van der Waals surface area contributed by atoms with E-state index in [4.69, 9.17) is 19.9 Å². The van der Waals surface area contributed by atoms with E-state index < -0.39 is 0 Å². The molecule has 1 heterocycles. The second-order valence-electron chi connectivity index (χ2n) is 3.86. The van der Waals surface area contributed by atoms with Gasteiger partial charge in [0.25, 0.3) is 0 Å². The van der Waals surface area contributed by atoms with E-state index in [1.165, 1.54) is 0 Å². The number of anilines is 1. The van der Waals surface area contributed by atoms with E-state index in [2.05, 4.69) is 0 Å². The Kier molecular flexibility index (Phi) is 3.51. The Balaban J connectivity index is 1.98. The van der Waals surface area contributed by atoms with Crippen molar-refractivity contribution in [1.82, 2.24) is 0 Å². The Morgan fingerprint density at radius 1 is 1.44 bits per heavy atom. The number of ether oxygens (including phenoxy) is 3. The van der Waals surface area contributed by atoms with Crippen LogP contribution in [0.3, 0.4) is 0 Å². The molecular formula is C12H17NO3. The minimum absolute atomic E-state index is 0.200. The van der Waals surface area contributed by atoms with Crippen LogP contribution in [-0.4, -0.2) is 26.4 Å². The van der Waals surface area contributed by atoms with Gasteiger partial charge >= 0.3 is 0 Å². The van der Waals surface area contributed by atoms with Crippen molar-refractivity contribution in [3.05, 3.63) is 18.2 Å². The fourth-order valence-corrected chi connectivity index (χ4v) is 1.76. The molecule has 1 atom stereocenters. The molecule has 0 bridgehead atoms. The quantitative estimate of drug-likeness (QED) is 0.791. The summed E-state index contributed by atoms with van der Waals surface area (Å²) < 4.78 is 16.3. The molecule has 2 rings (SSSR count). The van der Waals surface area contributed by atoms with Gasteiger partial charge in [-0.25, -0.2) is 0 Å². The lowest BCUT2D eigenvalue weighted by atomic mass is 10.2. The molecule has 88 valence electrons. The van der Waals surface area contributed by atoms with Gasteiger partial charge in [0.1, 0.15) is 6.61 Å². The summed E-state index contributed by atoms with van der Waals surface area (Å²) in [5.74, 6) is 1.38. The average Bonchev–Trinajstić information content (AvgIpc) is 2.79. The van der Waals surface area contributed by atoms with Crippen LogP contribution >= 0.6 is 0 Å². The van der Waals surface area contributed by atoms with Crippen LogP contribution in [0.25, 0.3) is 0 Å². The van der Waals surface area contributed by atoms with E-state index in [0.29, 0.717) is 23.8 Å². The molecule has 0 aliphatic carbocycles. The van der Waals surface area contributed by atoms with E-state index >= 15 is 0 Å². The number of rotatable bonds is 4. The Morgan fingerprint density at radius 2 is 2.31 bits per heavy atom. The molecule has 1 aliphatic heterocycles. The molecule has 0 spiro atoms. The molecule has 2 N–H and O–H groups in total. The van der Waals surface area contributed by atoms with Crippen molar-refractivity contribution in [2.45, 2.75) is 18.9 Å².